The van der Waals surface area contributed by atoms with Crippen molar-refractivity contribution in [3.8, 4) is 5.75 Å². The molecule has 0 unspecified atom stereocenters. The molecule has 140 valence electrons. The van der Waals surface area contributed by atoms with Gasteiger partial charge in [0.1, 0.15) is 10.8 Å². The van der Waals surface area contributed by atoms with Gasteiger partial charge in [0.25, 0.3) is 5.91 Å². The molecule has 9 heteroatoms. The van der Waals surface area contributed by atoms with E-state index in [4.69, 9.17) is 21.1 Å². The minimum atomic E-state index is -0.503. The molecule has 2 aromatic heterocycles. The van der Waals surface area contributed by atoms with Crippen LogP contribution in [0.5, 0.6) is 5.75 Å². The van der Waals surface area contributed by atoms with E-state index < -0.39 is 11.9 Å². The van der Waals surface area contributed by atoms with Gasteiger partial charge in [0.05, 0.1) is 12.7 Å². The van der Waals surface area contributed by atoms with Gasteiger partial charge >= 0.3 is 5.97 Å². The van der Waals surface area contributed by atoms with Crippen molar-refractivity contribution >= 4 is 39.8 Å². The zero-order chi connectivity index (χ0) is 19.4. The Labute approximate surface area is 164 Å². The Morgan fingerprint density at radius 3 is 2.70 bits per heavy atom. The normalized spacial score (nSPS) is 10.5. The number of hydrogen-bond acceptors (Lipinski definition) is 6. The van der Waals surface area contributed by atoms with E-state index in [2.05, 4.69) is 10.4 Å². The van der Waals surface area contributed by atoms with Crippen LogP contribution in [-0.4, -0.2) is 28.8 Å². The third-order valence-electron chi connectivity index (χ3n) is 3.54. The highest BCUT2D eigenvalue weighted by Crippen LogP contribution is 2.28. The molecule has 1 amide bonds. The number of anilines is 1. The lowest BCUT2D eigenvalue weighted by molar-refractivity contribution is 0.0602. The highest BCUT2D eigenvalue weighted by molar-refractivity contribution is 7.16. The van der Waals surface area contributed by atoms with Crippen LogP contribution in [0, 0.1) is 6.92 Å². The topological polar surface area (TPSA) is 82.5 Å². The number of thiophene rings is 1. The summed E-state index contributed by atoms with van der Waals surface area (Å²) >= 11 is 7.12. The fraction of sp³-hybridized carbons (Fsp3) is 0.167. The fourth-order valence-corrected chi connectivity index (χ4v) is 3.28. The number of hydrogen-bond donors (Lipinski definition) is 1. The van der Waals surface area contributed by atoms with E-state index in [1.165, 1.54) is 23.1 Å². The smallest absolute Gasteiger partial charge is 0.340 e. The van der Waals surface area contributed by atoms with Gasteiger partial charge in [-0.25, -0.2) is 9.48 Å². The number of aryl methyl sites for hydroxylation is 1. The van der Waals surface area contributed by atoms with Crippen molar-refractivity contribution in [2.75, 3.05) is 12.4 Å². The maximum Gasteiger partial charge on any atom is 0.340 e. The second kappa shape index (κ2) is 8.24. The highest BCUT2D eigenvalue weighted by atomic mass is 35.5. The Morgan fingerprint density at radius 2 is 2.00 bits per heavy atom. The molecule has 0 aliphatic carbocycles. The number of nitrogens with zero attached hydrogens (tertiary/aromatic N) is 2. The van der Waals surface area contributed by atoms with E-state index in [0.717, 1.165) is 4.88 Å². The Morgan fingerprint density at radius 1 is 1.26 bits per heavy atom. The first kappa shape index (κ1) is 18.9. The SMILES string of the molecule is COC(=O)c1cc(C)sc1NC(=O)c1ccn(COc2ccc(Cl)cc2)n1. The molecular weight excluding hydrogens is 390 g/mol. The van der Waals surface area contributed by atoms with Gasteiger partial charge in [0, 0.05) is 16.1 Å². The standard InChI is InChI=1S/C18H16ClN3O4S/c1-11-9-14(18(24)25-2)17(27-11)20-16(23)15-7-8-22(21-15)10-26-13-5-3-12(19)4-6-13/h3-9H,10H2,1-2H3,(H,20,23). The van der Waals surface area contributed by atoms with Crippen LogP contribution >= 0.6 is 22.9 Å². The van der Waals surface area contributed by atoms with Crippen LogP contribution in [0.3, 0.4) is 0 Å². The van der Waals surface area contributed by atoms with Gasteiger partial charge in [-0.3, -0.25) is 4.79 Å². The molecule has 7 nitrogen and oxygen atoms in total. The van der Waals surface area contributed by atoms with Crippen LogP contribution in [0.1, 0.15) is 25.7 Å². The van der Waals surface area contributed by atoms with Crippen molar-refractivity contribution in [3.05, 3.63) is 63.8 Å². The Hall–Kier alpha value is -2.84. The summed E-state index contributed by atoms with van der Waals surface area (Å²) in [7, 11) is 1.29. The van der Waals surface area contributed by atoms with Crippen molar-refractivity contribution < 1.29 is 19.1 Å². The van der Waals surface area contributed by atoms with E-state index in [1.807, 2.05) is 6.92 Å². The van der Waals surface area contributed by atoms with Gasteiger partial charge in [0.2, 0.25) is 0 Å². The third-order valence-corrected chi connectivity index (χ3v) is 4.76. The minimum absolute atomic E-state index is 0.139. The van der Waals surface area contributed by atoms with E-state index >= 15 is 0 Å². The first-order valence-electron chi connectivity index (χ1n) is 7.88. The van der Waals surface area contributed by atoms with Crippen molar-refractivity contribution in [2.45, 2.75) is 13.7 Å². The molecule has 27 heavy (non-hydrogen) atoms. The van der Waals surface area contributed by atoms with Gasteiger partial charge in [-0.2, -0.15) is 5.10 Å². The largest absolute Gasteiger partial charge is 0.471 e. The van der Waals surface area contributed by atoms with Crippen LogP contribution < -0.4 is 10.1 Å². The number of carbonyl (C=O) groups is 2. The van der Waals surface area contributed by atoms with Gasteiger partial charge < -0.3 is 14.8 Å². The first-order chi connectivity index (χ1) is 13.0. The molecule has 0 saturated heterocycles. The van der Waals surface area contributed by atoms with Crippen LogP contribution in [0.2, 0.25) is 5.02 Å². The molecule has 2 heterocycles. The molecular formula is C18H16ClN3O4S. The number of halogens is 1. The number of aromatic nitrogens is 2. The van der Waals surface area contributed by atoms with Crippen LogP contribution in [0.4, 0.5) is 5.00 Å². The molecule has 0 radical (unpaired) electrons. The van der Waals surface area contributed by atoms with Gasteiger partial charge in [-0.15, -0.1) is 11.3 Å². The third kappa shape index (κ3) is 4.66. The molecule has 1 N–H and O–H groups in total. The molecule has 0 aliphatic rings. The van der Waals surface area contributed by atoms with E-state index in [9.17, 15) is 9.59 Å². The second-order valence-electron chi connectivity index (χ2n) is 5.51. The highest BCUT2D eigenvalue weighted by Gasteiger charge is 2.19. The number of methoxy groups -OCH3 is 1. The summed E-state index contributed by atoms with van der Waals surface area (Å²) in [5, 5.41) is 7.93. The number of rotatable bonds is 6. The van der Waals surface area contributed by atoms with E-state index in [1.54, 1.807) is 42.6 Å². The molecule has 0 spiro atoms. The molecule has 3 rings (SSSR count). The summed E-state index contributed by atoms with van der Waals surface area (Å²) in [4.78, 5) is 25.1. The predicted octanol–water partition coefficient (Wildman–Crippen LogP) is 3.98. The summed E-state index contributed by atoms with van der Waals surface area (Å²) in [5.41, 5.74) is 0.524. The predicted molar refractivity (Wildman–Crippen MR) is 103 cm³/mol. The monoisotopic (exact) mass is 405 g/mol. The maximum atomic E-state index is 12.4. The van der Waals surface area contributed by atoms with Gasteiger partial charge in [-0.05, 0) is 43.3 Å². The van der Waals surface area contributed by atoms with Crippen molar-refractivity contribution in [2.24, 2.45) is 0 Å². The number of nitrogens with one attached hydrogen (secondary N) is 1. The van der Waals surface area contributed by atoms with Gasteiger partial charge in [0.15, 0.2) is 12.4 Å². The van der Waals surface area contributed by atoms with E-state index in [0.29, 0.717) is 21.3 Å². The fourth-order valence-electron chi connectivity index (χ4n) is 2.26. The Kier molecular flexibility index (Phi) is 5.78. The summed E-state index contributed by atoms with van der Waals surface area (Å²) in [5.74, 6) is -0.290. The van der Waals surface area contributed by atoms with E-state index in [-0.39, 0.29) is 12.4 Å². The Balaban J connectivity index is 1.65. The lowest BCUT2D eigenvalue weighted by atomic mass is 10.3. The van der Waals surface area contributed by atoms with Crippen LogP contribution in [0.15, 0.2) is 42.6 Å². The minimum Gasteiger partial charge on any atom is -0.471 e. The lowest BCUT2D eigenvalue weighted by Gasteiger charge is -2.06. The molecule has 0 atom stereocenters. The summed E-state index contributed by atoms with van der Waals surface area (Å²) < 4.78 is 11.8. The lowest BCUT2D eigenvalue weighted by Crippen LogP contribution is -2.15. The number of amides is 1. The van der Waals surface area contributed by atoms with Crippen molar-refractivity contribution in [3.63, 3.8) is 0 Å². The Bertz CT molecular complexity index is 965. The van der Waals surface area contributed by atoms with Crippen molar-refractivity contribution in [1.82, 2.24) is 9.78 Å². The first-order valence-corrected chi connectivity index (χ1v) is 9.07. The second-order valence-corrected chi connectivity index (χ2v) is 7.21. The summed E-state index contributed by atoms with van der Waals surface area (Å²) in [6.07, 6.45) is 1.63. The average Bonchev–Trinajstić information content (AvgIpc) is 3.27. The van der Waals surface area contributed by atoms with Crippen LogP contribution in [-0.2, 0) is 11.5 Å². The zero-order valence-corrected chi connectivity index (χ0v) is 16.1. The number of carbonyl (C=O) groups excluding carboxylic acids is 2. The average molecular weight is 406 g/mol. The van der Waals surface area contributed by atoms with Crippen LogP contribution in [0.25, 0.3) is 0 Å². The molecule has 0 aliphatic heterocycles. The zero-order valence-electron chi connectivity index (χ0n) is 14.6. The number of ether oxygens (including phenoxy) is 2. The van der Waals surface area contributed by atoms with Gasteiger partial charge in [-0.1, -0.05) is 11.6 Å². The molecule has 0 bridgehead atoms. The van der Waals surface area contributed by atoms with Crippen molar-refractivity contribution in [1.29, 1.82) is 0 Å². The molecule has 0 saturated carbocycles. The molecule has 0 fully saturated rings. The maximum absolute atomic E-state index is 12.4. The number of esters is 1. The molecule has 3 aromatic rings. The summed E-state index contributed by atoms with van der Waals surface area (Å²) in [6.45, 7) is 1.98. The summed E-state index contributed by atoms with van der Waals surface area (Å²) in [6, 6.07) is 10.2. The quantitative estimate of drug-likeness (QED) is 0.627. The number of benzene rings is 1. The molecule has 1 aromatic carbocycles.